The van der Waals surface area contributed by atoms with Gasteiger partial charge in [0, 0.05) is 18.2 Å². The normalized spacial score (nSPS) is 24.7. The Morgan fingerprint density at radius 2 is 2.13 bits per heavy atom. The van der Waals surface area contributed by atoms with E-state index in [1.807, 2.05) is 6.92 Å². The highest BCUT2D eigenvalue weighted by Crippen LogP contribution is 2.34. The number of benzene rings is 1. The van der Waals surface area contributed by atoms with E-state index >= 15 is 0 Å². The number of nitrogens with one attached hydrogen (secondary N) is 1. The molecule has 0 radical (unpaired) electrons. The first kappa shape index (κ1) is 20.2. The number of sulfonamides is 1. The Balaban J connectivity index is 0.00000264. The molecule has 3 N–H and O–H groups in total. The van der Waals surface area contributed by atoms with Gasteiger partial charge in [-0.1, -0.05) is 25.8 Å². The number of hydrogen-bond donors (Lipinski definition) is 2. The first-order valence-corrected chi connectivity index (χ1v) is 9.39. The Labute approximate surface area is 145 Å². The minimum Gasteiger partial charge on any atom is -0.494 e. The summed E-state index contributed by atoms with van der Waals surface area (Å²) in [6, 6.07) is 6.59. The third kappa shape index (κ3) is 4.59. The van der Waals surface area contributed by atoms with Gasteiger partial charge < -0.3 is 10.5 Å². The first-order chi connectivity index (χ1) is 10.4. The Hall–Kier alpha value is -0.820. The maximum Gasteiger partial charge on any atom is 0.241 e. The van der Waals surface area contributed by atoms with E-state index in [-0.39, 0.29) is 23.2 Å². The van der Waals surface area contributed by atoms with Crippen LogP contribution in [0, 0.1) is 5.92 Å². The van der Waals surface area contributed by atoms with Crippen LogP contribution in [0.3, 0.4) is 0 Å². The van der Waals surface area contributed by atoms with Crippen molar-refractivity contribution in [2.45, 2.75) is 50.0 Å². The van der Waals surface area contributed by atoms with Gasteiger partial charge in [-0.3, -0.25) is 0 Å². The van der Waals surface area contributed by atoms with E-state index in [0.29, 0.717) is 18.9 Å². The molecule has 0 saturated heterocycles. The van der Waals surface area contributed by atoms with Crippen molar-refractivity contribution in [1.82, 2.24) is 4.72 Å². The second-order valence-electron chi connectivity index (χ2n) is 6.02. The molecular weight excluding hydrogens is 336 g/mol. The summed E-state index contributed by atoms with van der Waals surface area (Å²) in [5.74, 6) is 0.792. The van der Waals surface area contributed by atoms with Crippen molar-refractivity contribution >= 4 is 22.4 Å². The van der Waals surface area contributed by atoms with Crippen LogP contribution in [0.15, 0.2) is 29.2 Å². The Bertz CT molecular complexity index is 609. The molecule has 5 nitrogen and oxygen atoms in total. The van der Waals surface area contributed by atoms with E-state index in [2.05, 4.69) is 11.6 Å². The number of rotatable bonds is 6. The summed E-state index contributed by atoms with van der Waals surface area (Å²) in [5, 5.41) is 0. The maximum atomic E-state index is 12.7. The van der Waals surface area contributed by atoms with Gasteiger partial charge in [0.05, 0.1) is 11.5 Å². The Morgan fingerprint density at radius 3 is 2.74 bits per heavy atom. The topological polar surface area (TPSA) is 81.4 Å². The van der Waals surface area contributed by atoms with E-state index in [1.54, 1.807) is 24.3 Å². The van der Waals surface area contributed by atoms with E-state index < -0.39 is 15.6 Å². The van der Waals surface area contributed by atoms with Crippen molar-refractivity contribution in [3.8, 4) is 5.75 Å². The Morgan fingerprint density at radius 1 is 1.39 bits per heavy atom. The van der Waals surface area contributed by atoms with Crippen molar-refractivity contribution in [2.75, 3.05) is 13.2 Å². The van der Waals surface area contributed by atoms with Crippen molar-refractivity contribution in [3.05, 3.63) is 24.3 Å². The zero-order valence-electron chi connectivity index (χ0n) is 13.7. The maximum absolute atomic E-state index is 12.7. The lowest BCUT2D eigenvalue weighted by Gasteiger charge is -2.42. The Kier molecular flexibility index (Phi) is 7.32. The quantitative estimate of drug-likeness (QED) is 0.815. The molecule has 0 heterocycles. The molecule has 2 unspecified atom stereocenters. The van der Waals surface area contributed by atoms with Crippen LogP contribution < -0.4 is 15.2 Å². The fraction of sp³-hybridized carbons (Fsp3) is 0.625. The molecular formula is C16H27ClN2O3S. The highest BCUT2D eigenvalue weighted by molar-refractivity contribution is 7.89. The summed E-state index contributed by atoms with van der Waals surface area (Å²) < 4.78 is 33.8. The zero-order valence-corrected chi connectivity index (χ0v) is 15.4. The smallest absolute Gasteiger partial charge is 0.241 e. The number of halogens is 1. The fourth-order valence-corrected chi connectivity index (χ4v) is 4.70. The summed E-state index contributed by atoms with van der Waals surface area (Å²) >= 11 is 0. The van der Waals surface area contributed by atoms with Crippen LogP contribution in [0.1, 0.15) is 39.5 Å². The van der Waals surface area contributed by atoms with Crippen molar-refractivity contribution < 1.29 is 13.2 Å². The average molecular weight is 363 g/mol. The summed E-state index contributed by atoms with van der Waals surface area (Å²) in [6.45, 7) is 4.76. The predicted octanol–water partition coefficient (Wildman–Crippen LogP) is 2.69. The van der Waals surface area contributed by atoms with Crippen LogP contribution in [0.25, 0.3) is 0 Å². The summed E-state index contributed by atoms with van der Waals surface area (Å²) in [7, 11) is -3.61. The lowest BCUT2D eigenvalue weighted by Crippen LogP contribution is -2.58. The zero-order chi connectivity index (χ0) is 16.2. The minimum atomic E-state index is -3.61. The highest BCUT2D eigenvalue weighted by atomic mass is 35.5. The molecule has 1 aromatic carbocycles. The van der Waals surface area contributed by atoms with Crippen LogP contribution in [-0.2, 0) is 10.0 Å². The third-order valence-electron chi connectivity index (χ3n) is 4.58. The number of hydrogen-bond acceptors (Lipinski definition) is 4. The molecule has 0 amide bonds. The van der Waals surface area contributed by atoms with Crippen LogP contribution in [-0.4, -0.2) is 27.1 Å². The van der Waals surface area contributed by atoms with Crippen LogP contribution >= 0.6 is 12.4 Å². The van der Waals surface area contributed by atoms with Crippen molar-refractivity contribution in [2.24, 2.45) is 11.7 Å². The third-order valence-corrected chi connectivity index (χ3v) is 6.13. The number of nitrogens with two attached hydrogens (primary N) is 1. The monoisotopic (exact) mass is 362 g/mol. The summed E-state index contributed by atoms with van der Waals surface area (Å²) in [6.07, 6.45) is 3.92. The number of ether oxygens (including phenoxy) is 1. The summed E-state index contributed by atoms with van der Waals surface area (Å²) in [4.78, 5) is 0.226. The molecule has 1 fully saturated rings. The molecule has 23 heavy (non-hydrogen) atoms. The van der Waals surface area contributed by atoms with E-state index in [4.69, 9.17) is 10.5 Å². The molecule has 1 aliphatic carbocycles. The summed E-state index contributed by atoms with van der Waals surface area (Å²) in [5.41, 5.74) is 5.40. The second kappa shape index (κ2) is 8.33. The molecule has 2 atom stereocenters. The first-order valence-electron chi connectivity index (χ1n) is 7.90. The lowest BCUT2D eigenvalue weighted by molar-refractivity contribution is 0.191. The van der Waals surface area contributed by atoms with Crippen LogP contribution in [0.4, 0.5) is 0 Å². The van der Waals surface area contributed by atoms with Crippen LogP contribution in [0.5, 0.6) is 5.75 Å². The standard InChI is InChI=1S/C16H26N2O3S.ClH/c1-3-21-14-8-6-9-15(11-14)22(19,20)18-16(12-17)10-5-4-7-13(16)2;/h6,8-9,11,13,18H,3-5,7,10,12,17H2,1-2H3;1H. The van der Waals surface area contributed by atoms with Gasteiger partial charge in [-0.15, -0.1) is 12.4 Å². The van der Waals surface area contributed by atoms with Gasteiger partial charge in [-0.2, -0.15) is 0 Å². The van der Waals surface area contributed by atoms with Gasteiger partial charge >= 0.3 is 0 Å². The lowest BCUT2D eigenvalue weighted by atomic mass is 9.74. The molecule has 1 aromatic rings. The van der Waals surface area contributed by atoms with Gasteiger partial charge in [0.2, 0.25) is 10.0 Å². The minimum absolute atomic E-state index is 0. The van der Waals surface area contributed by atoms with Gasteiger partial charge in [-0.05, 0) is 37.8 Å². The molecule has 132 valence electrons. The van der Waals surface area contributed by atoms with E-state index in [0.717, 1.165) is 25.7 Å². The molecule has 2 rings (SSSR count). The molecule has 0 spiro atoms. The fourth-order valence-electron chi connectivity index (χ4n) is 3.13. The highest BCUT2D eigenvalue weighted by Gasteiger charge is 2.40. The predicted molar refractivity (Wildman–Crippen MR) is 94.6 cm³/mol. The molecule has 0 aromatic heterocycles. The largest absolute Gasteiger partial charge is 0.494 e. The molecule has 1 saturated carbocycles. The molecule has 1 aliphatic rings. The SMILES string of the molecule is CCOc1cccc(S(=O)(=O)NC2(CN)CCCCC2C)c1.Cl. The van der Waals surface area contributed by atoms with Crippen LogP contribution in [0.2, 0.25) is 0 Å². The average Bonchev–Trinajstić information content (AvgIpc) is 2.50. The van der Waals surface area contributed by atoms with E-state index in [9.17, 15) is 8.42 Å². The van der Waals surface area contributed by atoms with Gasteiger partial charge in [-0.25, -0.2) is 13.1 Å². The van der Waals surface area contributed by atoms with E-state index in [1.165, 1.54) is 0 Å². The van der Waals surface area contributed by atoms with Crippen molar-refractivity contribution in [1.29, 1.82) is 0 Å². The molecule has 0 bridgehead atoms. The van der Waals surface area contributed by atoms with Gasteiger partial charge in [0.1, 0.15) is 5.75 Å². The molecule has 0 aliphatic heterocycles. The second-order valence-corrected chi connectivity index (χ2v) is 7.70. The van der Waals surface area contributed by atoms with Gasteiger partial charge in [0.15, 0.2) is 0 Å². The molecule has 7 heteroatoms. The van der Waals surface area contributed by atoms with Crippen molar-refractivity contribution in [3.63, 3.8) is 0 Å². The van der Waals surface area contributed by atoms with Gasteiger partial charge in [0.25, 0.3) is 0 Å².